The number of ketones is 2. The summed E-state index contributed by atoms with van der Waals surface area (Å²) in [5.41, 5.74) is 2.18. The summed E-state index contributed by atoms with van der Waals surface area (Å²) in [7, 11) is 5.04. The number of aromatic hydroxyl groups is 1. The Labute approximate surface area is 257 Å². The average molecular weight is 613 g/mol. The first-order valence-corrected chi connectivity index (χ1v) is 15.3. The molecule has 12 heteroatoms. The zero-order valence-corrected chi connectivity index (χ0v) is 25.9. The molecule has 12 nitrogen and oxygen atoms in total. The minimum atomic E-state index is -2.93. The number of primary amides is 1. The summed E-state index contributed by atoms with van der Waals surface area (Å²) in [5, 5.41) is 58.4. The van der Waals surface area contributed by atoms with Gasteiger partial charge in [-0.25, -0.2) is 0 Å². The van der Waals surface area contributed by atoms with E-state index in [0.717, 1.165) is 38.8 Å². The molecule has 1 aliphatic heterocycles. The number of phenols is 1. The Kier molecular flexibility index (Phi) is 8.34. The molecule has 1 saturated heterocycles. The van der Waals surface area contributed by atoms with Gasteiger partial charge in [-0.05, 0) is 71.0 Å². The van der Waals surface area contributed by atoms with Crippen LogP contribution in [0.4, 0.5) is 5.69 Å². The Morgan fingerprint density at radius 2 is 1.77 bits per heavy atom. The lowest BCUT2D eigenvalue weighted by molar-refractivity contribution is -0.169. The monoisotopic (exact) mass is 612 g/mol. The molecule has 1 amide bonds. The summed E-state index contributed by atoms with van der Waals surface area (Å²) in [6, 6.07) is 2.37. The number of piperidine rings is 1. The number of nitrogens with zero attached hydrogens (tertiary/aromatic N) is 3. The lowest BCUT2D eigenvalue weighted by Gasteiger charge is -2.53. The number of phenolic OH excluding ortho intramolecular Hbond substituents is 1. The van der Waals surface area contributed by atoms with Gasteiger partial charge in [0.2, 0.25) is 5.78 Å². The van der Waals surface area contributed by atoms with Crippen molar-refractivity contribution in [3.05, 3.63) is 40.2 Å². The van der Waals surface area contributed by atoms with E-state index in [1.54, 1.807) is 13.0 Å². The highest BCUT2D eigenvalue weighted by Crippen LogP contribution is 2.57. The number of Topliss-reactive ketones (excluding diaryl/α,β-unsaturated/α-hetero) is 2. The predicted molar refractivity (Wildman–Crippen MR) is 163 cm³/mol. The molecule has 1 aromatic carbocycles. The summed E-state index contributed by atoms with van der Waals surface area (Å²) < 4.78 is 0. The van der Waals surface area contributed by atoms with E-state index in [-0.39, 0.29) is 22.9 Å². The van der Waals surface area contributed by atoms with Crippen LogP contribution >= 0.6 is 0 Å². The minimum Gasteiger partial charge on any atom is -0.508 e. The number of aliphatic hydroxyl groups is 4. The summed E-state index contributed by atoms with van der Waals surface area (Å²) in [6.45, 7) is 6.31. The smallest absolute Gasteiger partial charge is 0.255 e. The highest BCUT2D eigenvalue weighted by Gasteiger charge is 2.68. The van der Waals surface area contributed by atoms with Crippen molar-refractivity contribution in [1.29, 1.82) is 0 Å². The second kappa shape index (κ2) is 11.5. The van der Waals surface area contributed by atoms with E-state index in [1.807, 2.05) is 6.07 Å². The molecule has 240 valence electrons. The zero-order chi connectivity index (χ0) is 32.4. The number of rotatable bonds is 7. The third-order valence-electron chi connectivity index (χ3n) is 10.3. The summed E-state index contributed by atoms with van der Waals surface area (Å²) in [4.78, 5) is 45.6. The highest BCUT2D eigenvalue weighted by atomic mass is 16.4. The molecular weight excluding hydrogens is 568 g/mol. The Morgan fingerprint density at radius 3 is 2.34 bits per heavy atom. The Morgan fingerprint density at radius 1 is 1.14 bits per heavy atom. The molecule has 4 aliphatic rings. The molecule has 5 rings (SSSR count). The van der Waals surface area contributed by atoms with Gasteiger partial charge in [0.1, 0.15) is 22.8 Å². The SMILES string of the molecule is CCCCN(c1ccc2c(c1O)C(O)=C1C(=O)[C@]3(O)C(O)=C(C(N)=O)C(=O)[C@H](N(C)C)[C@@H]3[C@H](O)[C@H]1[C@@H]2C)C1CCN(C)CC1. The lowest BCUT2D eigenvalue weighted by Crippen LogP contribution is -2.70. The van der Waals surface area contributed by atoms with E-state index in [1.165, 1.54) is 19.0 Å². The van der Waals surface area contributed by atoms with Crippen LogP contribution in [0, 0.1) is 11.8 Å². The molecule has 7 N–H and O–H groups in total. The molecule has 0 aromatic heterocycles. The largest absolute Gasteiger partial charge is 0.508 e. The quantitative estimate of drug-likeness (QED) is 0.243. The fraction of sp³-hybridized carbons (Fsp3) is 0.594. The first kappa shape index (κ1) is 32.0. The third-order valence-corrected chi connectivity index (χ3v) is 10.3. The van der Waals surface area contributed by atoms with Gasteiger partial charge in [0, 0.05) is 24.1 Å². The first-order valence-electron chi connectivity index (χ1n) is 15.3. The molecule has 2 fully saturated rings. The molecule has 0 unspecified atom stereocenters. The van der Waals surface area contributed by atoms with Crippen LogP contribution in [0.2, 0.25) is 0 Å². The Bertz CT molecular complexity index is 1450. The van der Waals surface area contributed by atoms with Crippen molar-refractivity contribution < 1.29 is 39.9 Å². The molecule has 6 atom stereocenters. The van der Waals surface area contributed by atoms with E-state index >= 15 is 0 Å². The summed E-state index contributed by atoms with van der Waals surface area (Å²) in [5.74, 6) is -8.81. The van der Waals surface area contributed by atoms with Gasteiger partial charge in [-0.2, -0.15) is 0 Å². The van der Waals surface area contributed by atoms with E-state index in [9.17, 15) is 39.9 Å². The molecular formula is C32H44N4O8. The van der Waals surface area contributed by atoms with E-state index < -0.39 is 70.1 Å². The topological polar surface area (TPSA) is 188 Å². The number of fused-ring (bicyclic) bond motifs is 3. The van der Waals surface area contributed by atoms with E-state index in [0.29, 0.717) is 17.8 Å². The molecule has 1 heterocycles. The Hall–Kier alpha value is -3.45. The average Bonchev–Trinajstić information content (AvgIpc) is 2.96. The number of unbranched alkanes of at least 4 members (excludes halogenated alkanes) is 1. The van der Waals surface area contributed by atoms with Crippen molar-refractivity contribution in [2.75, 3.05) is 45.7 Å². The van der Waals surface area contributed by atoms with Gasteiger partial charge in [0.15, 0.2) is 11.4 Å². The van der Waals surface area contributed by atoms with Gasteiger partial charge in [-0.3, -0.25) is 19.3 Å². The number of nitrogens with two attached hydrogens (primary N) is 1. The number of benzene rings is 1. The number of hydrogen-bond donors (Lipinski definition) is 6. The molecule has 1 aromatic rings. The Balaban J connectivity index is 1.69. The number of carbonyl (C=O) groups is 3. The molecule has 0 spiro atoms. The number of aliphatic hydroxyl groups excluding tert-OH is 3. The number of hydrogen-bond acceptors (Lipinski definition) is 11. The minimum absolute atomic E-state index is 0.0212. The van der Waals surface area contributed by atoms with Crippen molar-refractivity contribution in [2.45, 2.75) is 69.2 Å². The fourth-order valence-electron chi connectivity index (χ4n) is 7.97. The maximum Gasteiger partial charge on any atom is 0.255 e. The van der Waals surface area contributed by atoms with Crippen molar-refractivity contribution in [1.82, 2.24) is 9.80 Å². The highest BCUT2D eigenvalue weighted by molar-refractivity contribution is 6.24. The van der Waals surface area contributed by atoms with Crippen molar-refractivity contribution >= 4 is 28.9 Å². The van der Waals surface area contributed by atoms with Crippen LogP contribution < -0.4 is 10.6 Å². The second-order valence-corrected chi connectivity index (χ2v) is 13.0. The van der Waals surface area contributed by atoms with E-state index in [2.05, 4.69) is 23.8 Å². The number of carbonyl (C=O) groups excluding carboxylic acids is 3. The maximum absolute atomic E-state index is 14.3. The second-order valence-electron chi connectivity index (χ2n) is 13.0. The van der Waals surface area contributed by atoms with Crippen LogP contribution in [-0.4, -0.2) is 117 Å². The fourth-order valence-corrected chi connectivity index (χ4v) is 7.97. The molecule has 0 radical (unpaired) electrons. The molecule has 3 aliphatic carbocycles. The molecule has 44 heavy (non-hydrogen) atoms. The van der Waals surface area contributed by atoms with Crippen LogP contribution in [0.5, 0.6) is 5.75 Å². The first-order chi connectivity index (χ1) is 20.7. The van der Waals surface area contributed by atoms with Gasteiger partial charge in [0.05, 0.1) is 29.3 Å². The summed E-state index contributed by atoms with van der Waals surface area (Å²) >= 11 is 0. The van der Waals surface area contributed by atoms with Crippen LogP contribution in [0.3, 0.4) is 0 Å². The van der Waals surface area contributed by atoms with Gasteiger partial charge in [-0.15, -0.1) is 0 Å². The molecule has 1 saturated carbocycles. The zero-order valence-electron chi connectivity index (χ0n) is 25.9. The normalized spacial score (nSPS) is 31.2. The molecule has 0 bridgehead atoms. The van der Waals surface area contributed by atoms with Crippen LogP contribution in [-0.2, 0) is 14.4 Å². The van der Waals surface area contributed by atoms with Gasteiger partial charge in [-0.1, -0.05) is 26.3 Å². The van der Waals surface area contributed by atoms with E-state index in [4.69, 9.17) is 5.73 Å². The predicted octanol–water partition coefficient (Wildman–Crippen LogP) is 1.20. The standard InChI is InChI=1S/C32H44N4O8/c1-6-7-12-36(16-10-13-35(5)14-11-16)18-9-8-17-15(2)19-21(26(38)20(17)25(18)37)29(41)32(44)23(27(19)39)24(34(3)4)28(40)22(30(32)42)31(33)43/h8-9,15-16,19,23-24,27,37-39,42,44H,6-7,10-14H2,1-5H3,(H2,33,43)/t15-,19+,23-,24-,27-,32+/m1/s1. The van der Waals surface area contributed by atoms with Crippen LogP contribution in [0.25, 0.3) is 5.76 Å². The van der Waals surface area contributed by atoms with Crippen LogP contribution in [0.1, 0.15) is 56.6 Å². The van der Waals surface area contributed by atoms with Crippen LogP contribution in [0.15, 0.2) is 29.0 Å². The van der Waals surface area contributed by atoms with Gasteiger partial charge >= 0.3 is 0 Å². The lowest BCUT2D eigenvalue weighted by atomic mass is 9.54. The number of likely N-dealkylation sites (N-methyl/N-ethyl adjacent to an activating group) is 1. The van der Waals surface area contributed by atoms with Crippen molar-refractivity contribution in [2.24, 2.45) is 17.6 Å². The number of amides is 1. The number of anilines is 1. The summed E-state index contributed by atoms with van der Waals surface area (Å²) in [6.07, 6.45) is 1.98. The van der Waals surface area contributed by atoms with Crippen molar-refractivity contribution in [3.63, 3.8) is 0 Å². The van der Waals surface area contributed by atoms with Gasteiger partial charge < -0.3 is 41.1 Å². The maximum atomic E-state index is 14.3. The van der Waals surface area contributed by atoms with Crippen molar-refractivity contribution in [3.8, 4) is 5.75 Å². The van der Waals surface area contributed by atoms with Gasteiger partial charge in [0.25, 0.3) is 5.91 Å². The number of likely N-dealkylation sites (tertiary alicyclic amines) is 1. The third kappa shape index (κ3) is 4.53.